The van der Waals surface area contributed by atoms with Gasteiger partial charge in [0, 0.05) is 24.7 Å². The molecule has 62 heavy (non-hydrogen) atoms. The number of ketones is 1. The van der Waals surface area contributed by atoms with Crippen LogP contribution in [0.2, 0.25) is 0 Å². The molecule has 8 aliphatic rings. The lowest BCUT2D eigenvalue weighted by Crippen LogP contribution is -2.61. The fraction of sp³-hybridized carbons (Fsp3) is 0.932. The summed E-state index contributed by atoms with van der Waals surface area (Å²) in [4.78, 5) is 14.3. The van der Waals surface area contributed by atoms with Crippen molar-refractivity contribution in [2.45, 2.75) is 184 Å². The van der Waals surface area contributed by atoms with Crippen molar-refractivity contribution in [3.8, 4) is 0 Å². The van der Waals surface area contributed by atoms with E-state index in [1.165, 1.54) is 5.57 Å². The maximum absolute atomic E-state index is 14.3. The number of hydrogen-bond acceptors (Lipinski definition) is 18. The first kappa shape index (κ1) is 47.1. The highest BCUT2D eigenvalue weighted by molar-refractivity contribution is 5.83. The van der Waals surface area contributed by atoms with E-state index in [0.29, 0.717) is 31.1 Å². The van der Waals surface area contributed by atoms with E-state index in [-0.39, 0.29) is 66.2 Å². The molecule has 3 saturated heterocycles. The lowest BCUT2D eigenvalue weighted by molar-refractivity contribution is -0.330. The van der Waals surface area contributed by atoms with Crippen LogP contribution in [0.25, 0.3) is 0 Å². The SMILES string of the molecule is CC1=C(CC[C@H](C)CO[C@@H]2O[C@H](CO)[C@@H](O)[C@H](O)[C@H]2O)O[C@H]2C[C@H]3[C@@H]4CC(=O)[C@H]5C[C@@H](O[C@@H]6O[C@H](CO[C@H]7OC[C@@H](O)[C@@H](O)[C@@H]7O)[C@@H](O)[C@H](O)[C@H]6O)CC[C@]5(C)[C@H]4CC[C@]3(C)[C@@H]12. The molecule has 24 atom stereocenters. The summed E-state index contributed by atoms with van der Waals surface area (Å²) in [5, 5.41) is 102. The predicted octanol–water partition coefficient (Wildman–Crippen LogP) is -1.01. The first-order chi connectivity index (χ1) is 29.4. The van der Waals surface area contributed by atoms with Crippen LogP contribution < -0.4 is 0 Å². The molecule has 4 aliphatic heterocycles. The van der Waals surface area contributed by atoms with Gasteiger partial charge in [0.2, 0.25) is 0 Å². The van der Waals surface area contributed by atoms with Crippen LogP contribution >= 0.6 is 0 Å². The third kappa shape index (κ3) is 8.34. The summed E-state index contributed by atoms with van der Waals surface area (Å²) in [5.74, 6) is 2.24. The Balaban J connectivity index is 0.852. The molecule has 8 rings (SSSR count). The van der Waals surface area contributed by atoms with Gasteiger partial charge in [0.05, 0.1) is 38.3 Å². The molecule has 0 aromatic carbocycles. The number of carbonyl (C=O) groups excluding carboxylic acids is 1. The Morgan fingerprint density at radius 3 is 2.15 bits per heavy atom. The van der Waals surface area contributed by atoms with Crippen molar-refractivity contribution in [2.75, 3.05) is 26.4 Å². The largest absolute Gasteiger partial charge is 0.494 e. The van der Waals surface area contributed by atoms with E-state index < -0.39 is 98.7 Å². The summed E-state index contributed by atoms with van der Waals surface area (Å²) in [6.45, 7) is 7.95. The first-order valence-electron chi connectivity index (χ1n) is 22.8. The van der Waals surface area contributed by atoms with Gasteiger partial charge >= 0.3 is 0 Å². The predicted molar refractivity (Wildman–Crippen MR) is 212 cm³/mol. The van der Waals surface area contributed by atoms with Crippen LogP contribution in [0, 0.1) is 46.3 Å². The molecule has 18 heteroatoms. The quantitative estimate of drug-likeness (QED) is 0.105. The maximum atomic E-state index is 14.3. The van der Waals surface area contributed by atoms with Gasteiger partial charge in [-0.15, -0.1) is 0 Å². The normalized spacial score (nSPS) is 52.2. The maximum Gasteiger partial charge on any atom is 0.186 e. The van der Waals surface area contributed by atoms with E-state index in [4.69, 9.17) is 33.2 Å². The van der Waals surface area contributed by atoms with Crippen molar-refractivity contribution < 1.29 is 89.0 Å². The van der Waals surface area contributed by atoms with Crippen molar-refractivity contribution in [1.82, 2.24) is 0 Å². The molecule has 0 aromatic rings. The van der Waals surface area contributed by atoms with Crippen molar-refractivity contribution in [2.24, 2.45) is 46.3 Å². The molecule has 0 radical (unpaired) electrons. The van der Waals surface area contributed by atoms with Gasteiger partial charge in [0.1, 0.15) is 79.0 Å². The smallest absolute Gasteiger partial charge is 0.186 e. The Bertz CT molecular complexity index is 1610. The minimum Gasteiger partial charge on any atom is -0.494 e. The molecule has 0 spiro atoms. The molecule has 4 heterocycles. The van der Waals surface area contributed by atoms with Crippen molar-refractivity contribution in [3.05, 3.63) is 11.3 Å². The van der Waals surface area contributed by atoms with Crippen molar-refractivity contribution in [3.63, 3.8) is 0 Å². The van der Waals surface area contributed by atoms with E-state index in [1.54, 1.807) is 0 Å². The highest BCUT2D eigenvalue weighted by Crippen LogP contribution is 2.69. The molecule has 0 unspecified atom stereocenters. The fourth-order valence-corrected chi connectivity index (χ4v) is 13.1. The van der Waals surface area contributed by atoms with Crippen molar-refractivity contribution >= 4 is 5.78 Å². The van der Waals surface area contributed by atoms with Gasteiger partial charge < -0.3 is 84.2 Å². The second-order valence-electron chi connectivity index (χ2n) is 20.4. The average molecular weight is 887 g/mol. The van der Waals surface area contributed by atoms with Gasteiger partial charge in [-0.25, -0.2) is 0 Å². The molecule has 0 amide bonds. The number of Topliss-reactive ketones (excluding diaryl/α,β-unsaturated/α-hetero) is 1. The van der Waals surface area contributed by atoms with Gasteiger partial charge in [-0.3, -0.25) is 4.79 Å². The highest BCUT2D eigenvalue weighted by atomic mass is 16.7. The molecule has 4 aliphatic carbocycles. The Hall–Kier alpha value is -1.43. The summed E-state index contributed by atoms with van der Waals surface area (Å²) in [7, 11) is 0. The number of carbonyl (C=O) groups is 1. The number of fused-ring (bicyclic) bond motifs is 7. The van der Waals surface area contributed by atoms with Crippen LogP contribution in [-0.2, 0) is 38.0 Å². The Morgan fingerprint density at radius 2 is 1.42 bits per heavy atom. The average Bonchev–Trinajstić information content (AvgIpc) is 3.73. The molecular weight excluding hydrogens is 816 g/mol. The summed E-state index contributed by atoms with van der Waals surface area (Å²) in [6, 6.07) is 0. The molecular formula is C44H70O18. The zero-order chi connectivity index (χ0) is 44.6. The second-order valence-corrected chi connectivity index (χ2v) is 20.4. The number of allylic oxidation sites excluding steroid dienone is 1. The van der Waals surface area contributed by atoms with Gasteiger partial charge in [0.25, 0.3) is 0 Å². The molecule has 7 fully saturated rings. The van der Waals surface area contributed by atoms with Crippen LogP contribution in [-0.4, -0.2) is 181 Å². The number of rotatable bonds is 12. The summed E-state index contributed by atoms with van der Waals surface area (Å²) in [5.41, 5.74) is 1.03. The van der Waals surface area contributed by atoms with Crippen LogP contribution in [0.3, 0.4) is 0 Å². The molecule has 10 N–H and O–H groups in total. The standard InChI is InChI=1S/C44H70O18/c1-18(15-56-41-38(54)35(51)33(49)29(14-45)61-41)5-6-27-19(2)31-28(60-27)13-23-21-12-25(46)24-11-20(7-9-43(24,3)22(21)8-10-44(23,31)4)59-42-39(55)36(52)34(50)30(62-42)17-58-40-37(53)32(48)26(47)16-57-40/h18,20-24,26,28-42,45,47-55H,5-17H2,1-4H3/t18-,20-,21+,22-,23-,24+,26+,28-,29+,30+,31-,32+,33+,34+,35-,36-,37-,38+,39+,40+,41+,42+,43+,44-/m0/s1. The molecule has 0 aromatic heterocycles. The van der Waals surface area contributed by atoms with Crippen LogP contribution in [0.4, 0.5) is 0 Å². The van der Waals surface area contributed by atoms with Gasteiger partial charge in [-0.05, 0) is 91.9 Å². The van der Waals surface area contributed by atoms with Gasteiger partial charge in [-0.1, -0.05) is 20.8 Å². The topological polar surface area (TPSA) is 284 Å². The Labute approximate surface area is 362 Å². The lowest BCUT2D eigenvalue weighted by atomic mass is 9.44. The molecule has 354 valence electrons. The zero-order valence-corrected chi connectivity index (χ0v) is 36.1. The molecule has 4 saturated carbocycles. The first-order valence-corrected chi connectivity index (χ1v) is 22.8. The third-order valence-corrected chi connectivity index (χ3v) is 16.7. The van der Waals surface area contributed by atoms with Crippen LogP contribution in [0.15, 0.2) is 11.3 Å². The number of hydrogen-bond donors (Lipinski definition) is 10. The fourth-order valence-electron chi connectivity index (χ4n) is 13.1. The zero-order valence-electron chi connectivity index (χ0n) is 36.1. The second kappa shape index (κ2) is 18.3. The third-order valence-electron chi connectivity index (χ3n) is 16.7. The lowest BCUT2D eigenvalue weighted by Gasteiger charge is -2.60. The minimum atomic E-state index is -1.63. The van der Waals surface area contributed by atoms with Crippen LogP contribution in [0.1, 0.15) is 85.5 Å². The summed E-state index contributed by atoms with van der Waals surface area (Å²) in [6.07, 6.45) is -13.2. The molecule has 18 nitrogen and oxygen atoms in total. The number of ether oxygens (including phenoxy) is 7. The van der Waals surface area contributed by atoms with E-state index in [1.807, 2.05) is 6.92 Å². The monoisotopic (exact) mass is 886 g/mol. The van der Waals surface area contributed by atoms with E-state index in [2.05, 4.69) is 20.8 Å². The summed E-state index contributed by atoms with van der Waals surface area (Å²) >= 11 is 0. The van der Waals surface area contributed by atoms with Crippen molar-refractivity contribution in [1.29, 1.82) is 0 Å². The minimum absolute atomic E-state index is 0.0122. The van der Waals surface area contributed by atoms with E-state index in [9.17, 15) is 55.9 Å². The van der Waals surface area contributed by atoms with E-state index in [0.717, 1.165) is 44.3 Å². The Morgan fingerprint density at radius 1 is 0.758 bits per heavy atom. The Kier molecular flexibility index (Phi) is 13.9. The van der Waals surface area contributed by atoms with Crippen LogP contribution in [0.5, 0.6) is 0 Å². The van der Waals surface area contributed by atoms with Gasteiger partial charge in [-0.2, -0.15) is 0 Å². The van der Waals surface area contributed by atoms with E-state index >= 15 is 0 Å². The molecule has 0 bridgehead atoms. The highest BCUT2D eigenvalue weighted by Gasteiger charge is 2.66. The number of aliphatic hydroxyl groups excluding tert-OH is 10. The summed E-state index contributed by atoms with van der Waals surface area (Å²) < 4.78 is 41.1. The van der Waals surface area contributed by atoms with Gasteiger partial charge in [0.15, 0.2) is 18.9 Å². The number of aliphatic hydroxyl groups is 10.